The quantitative estimate of drug-likeness (QED) is 0.891. The number of hydrogen-bond donors (Lipinski definition) is 2. The van der Waals surface area contributed by atoms with Gasteiger partial charge in [0.05, 0.1) is 0 Å². The van der Waals surface area contributed by atoms with Gasteiger partial charge in [-0.1, -0.05) is 23.9 Å². The monoisotopic (exact) mass is 305 g/mol. The average Bonchev–Trinajstić information content (AvgIpc) is 2.95. The fourth-order valence-corrected chi connectivity index (χ4v) is 3.62. The minimum atomic E-state index is -0.180. The second-order valence-electron chi connectivity index (χ2n) is 5.41. The minimum Gasteiger partial charge on any atom is -0.337 e. The second kappa shape index (κ2) is 7.09. The van der Waals surface area contributed by atoms with Crippen molar-refractivity contribution >= 4 is 11.8 Å². The first kappa shape index (κ1) is 14.6. The molecule has 3 rings (SSSR count). The van der Waals surface area contributed by atoms with Crippen LogP contribution in [0.25, 0.3) is 0 Å². The van der Waals surface area contributed by atoms with Gasteiger partial charge in [-0.25, -0.2) is 9.37 Å². The van der Waals surface area contributed by atoms with Crippen LogP contribution in [0.1, 0.15) is 24.1 Å². The van der Waals surface area contributed by atoms with Gasteiger partial charge in [-0.3, -0.25) is 0 Å². The van der Waals surface area contributed by atoms with Crippen molar-refractivity contribution in [3.63, 3.8) is 0 Å². The van der Waals surface area contributed by atoms with Crippen molar-refractivity contribution in [1.29, 1.82) is 0 Å². The van der Waals surface area contributed by atoms with E-state index in [-0.39, 0.29) is 5.82 Å². The van der Waals surface area contributed by atoms with Crippen molar-refractivity contribution in [2.24, 2.45) is 0 Å². The molecule has 1 fully saturated rings. The highest BCUT2D eigenvalue weighted by molar-refractivity contribution is 7.99. The van der Waals surface area contributed by atoms with E-state index in [1.807, 2.05) is 30.1 Å². The Bertz CT molecular complexity index is 561. The third-order valence-corrected chi connectivity index (χ3v) is 5.00. The Morgan fingerprint density at radius 3 is 2.67 bits per heavy atom. The predicted octanol–water partition coefficient (Wildman–Crippen LogP) is 3.18. The summed E-state index contributed by atoms with van der Waals surface area (Å²) in [5, 5.41) is 5.07. The summed E-state index contributed by atoms with van der Waals surface area (Å²) in [6, 6.07) is 6.72. The molecule has 0 unspecified atom stereocenters. The minimum absolute atomic E-state index is 0.180. The maximum Gasteiger partial charge on any atom is 0.165 e. The molecule has 0 atom stereocenters. The van der Waals surface area contributed by atoms with E-state index in [2.05, 4.69) is 15.3 Å². The molecule has 0 radical (unpaired) electrons. The molecule has 1 saturated heterocycles. The third-order valence-electron chi connectivity index (χ3n) is 3.77. The zero-order valence-electron chi connectivity index (χ0n) is 11.9. The van der Waals surface area contributed by atoms with Gasteiger partial charge in [0.2, 0.25) is 0 Å². The van der Waals surface area contributed by atoms with Gasteiger partial charge in [0, 0.05) is 17.1 Å². The fraction of sp³-hybridized carbons (Fsp3) is 0.438. The lowest BCUT2D eigenvalue weighted by Crippen LogP contribution is -2.29. The molecule has 3 nitrogen and oxygen atoms in total. The van der Waals surface area contributed by atoms with Crippen molar-refractivity contribution in [1.82, 2.24) is 15.3 Å². The number of rotatable bonds is 5. The molecular weight excluding hydrogens is 285 g/mol. The van der Waals surface area contributed by atoms with Crippen LogP contribution in [0, 0.1) is 5.82 Å². The van der Waals surface area contributed by atoms with E-state index in [4.69, 9.17) is 0 Å². The molecule has 1 aromatic carbocycles. The molecule has 1 aliphatic rings. The van der Waals surface area contributed by atoms with Crippen LogP contribution in [0.2, 0.25) is 0 Å². The number of thioether (sulfide) groups is 1. The fourth-order valence-electron chi connectivity index (χ4n) is 2.53. The van der Waals surface area contributed by atoms with Crippen LogP contribution in [-0.2, 0) is 12.8 Å². The predicted molar refractivity (Wildman–Crippen MR) is 84.1 cm³/mol. The Labute approximate surface area is 128 Å². The Morgan fingerprint density at radius 2 is 1.90 bits per heavy atom. The molecule has 0 aliphatic carbocycles. The largest absolute Gasteiger partial charge is 0.337 e. The van der Waals surface area contributed by atoms with E-state index >= 15 is 0 Å². The van der Waals surface area contributed by atoms with Crippen molar-refractivity contribution in [3.8, 4) is 0 Å². The number of aromatic amines is 1. The van der Waals surface area contributed by atoms with Crippen LogP contribution < -0.4 is 5.32 Å². The highest BCUT2D eigenvalue weighted by Gasteiger charge is 2.15. The summed E-state index contributed by atoms with van der Waals surface area (Å²) in [5.74, 6) is -0.180. The molecular formula is C16H20FN3S. The van der Waals surface area contributed by atoms with E-state index in [0.29, 0.717) is 5.25 Å². The van der Waals surface area contributed by atoms with Crippen molar-refractivity contribution in [2.75, 3.05) is 13.1 Å². The molecule has 0 saturated carbocycles. The SMILES string of the molecule is Fc1ccc(CCc2cnc(SC3CCNCC3)[nH]2)cc1. The average molecular weight is 305 g/mol. The van der Waals surface area contributed by atoms with E-state index in [1.165, 1.54) is 25.0 Å². The lowest BCUT2D eigenvalue weighted by atomic mass is 10.1. The van der Waals surface area contributed by atoms with Gasteiger partial charge in [-0.2, -0.15) is 0 Å². The van der Waals surface area contributed by atoms with Gasteiger partial charge < -0.3 is 10.3 Å². The van der Waals surface area contributed by atoms with Crippen LogP contribution >= 0.6 is 11.8 Å². The molecule has 2 aromatic rings. The molecule has 0 spiro atoms. The number of nitrogens with one attached hydrogen (secondary N) is 2. The summed E-state index contributed by atoms with van der Waals surface area (Å²) < 4.78 is 12.9. The summed E-state index contributed by atoms with van der Waals surface area (Å²) in [6.07, 6.45) is 6.14. The lowest BCUT2D eigenvalue weighted by molar-refractivity contribution is 0.531. The van der Waals surface area contributed by atoms with Crippen molar-refractivity contribution < 1.29 is 4.39 Å². The normalized spacial score (nSPS) is 16.2. The van der Waals surface area contributed by atoms with Crippen LogP contribution in [0.4, 0.5) is 4.39 Å². The summed E-state index contributed by atoms with van der Waals surface area (Å²) in [6.45, 7) is 2.21. The zero-order valence-corrected chi connectivity index (χ0v) is 12.8. The summed E-state index contributed by atoms with van der Waals surface area (Å²) >= 11 is 1.85. The number of hydrogen-bond acceptors (Lipinski definition) is 3. The van der Waals surface area contributed by atoms with Crippen LogP contribution in [0.3, 0.4) is 0 Å². The first-order valence-electron chi connectivity index (χ1n) is 7.45. The van der Waals surface area contributed by atoms with E-state index < -0.39 is 0 Å². The number of aryl methyl sites for hydroxylation is 2. The number of nitrogens with zero attached hydrogens (tertiary/aromatic N) is 1. The van der Waals surface area contributed by atoms with Gasteiger partial charge in [-0.15, -0.1) is 0 Å². The van der Waals surface area contributed by atoms with Crippen molar-refractivity contribution in [2.45, 2.75) is 36.1 Å². The number of imidazole rings is 1. The number of benzene rings is 1. The summed E-state index contributed by atoms with van der Waals surface area (Å²) in [4.78, 5) is 7.86. The van der Waals surface area contributed by atoms with E-state index in [0.717, 1.165) is 42.3 Å². The third kappa shape index (κ3) is 4.32. The molecule has 2 N–H and O–H groups in total. The molecule has 2 heterocycles. The Morgan fingerprint density at radius 1 is 1.14 bits per heavy atom. The second-order valence-corrected chi connectivity index (χ2v) is 6.70. The summed E-state index contributed by atoms with van der Waals surface area (Å²) in [7, 11) is 0. The highest BCUT2D eigenvalue weighted by atomic mass is 32.2. The highest BCUT2D eigenvalue weighted by Crippen LogP contribution is 2.26. The number of aromatic nitrogens is 2. The first-order chi connectivity index (χ1) is 10.3. The molecule has 0 amide bonds. The number of piperidine rings is 1. The first-order valence-corrected chi connectivity index (χ1v) is 8.33. The van der Waals surface area contributed by atoms with E-state index in [9.17, 15) is 4.39 Å². The number of H-pyrrole nitrogens is 1. The van der Waals surface area contributed by atoms with Gasteiger partial charge in [0.25, 0.3) is 0 Å². The van der Waals surface area contributed by atoms with Crippen LogP contribution in [0.5, 0.6) is 0 Å². The Kier molecular flexibility index (Phi) is 4.93. The van der Waals surface area contributed by atoms with E-state index in [1.54, 1.807) is 0 Å². The standard InChI is InChI=1S/C16H20FN3S/c17-13-4-1-12(2-5-13)3-6-14-11-19-16(20-14)21-15-7-9-18-10-8-15/h1-2,4-5,11,15,18H,3,6-10H2,(H,19,20). The molecule has 5 heteroatoms. The molecule has 0 bridgehead atoms. The maximum atomic E-state index is 12.9. The van der Waals surface area contributed by atoms with Crippen molar-refractivity contribution in [3.05, 3.63) is 47.5 Å². The molecule has 1 aromatic heterocycles. The Hall–Kier alpha value is -1.33. The van der Waals surface area contributed by atoms with Crippen LogP contribution in [-0.4, -0.2) is 28.3 Å². The van der Waals surface area contributed by atoms with Gasteiger partial charge in [0.15, 0.2) is 5.16 Å². The molecule has 21 heavy (non-hydrogen) atoms. The topological polar surface area (TPSA) is 40.7 Å². The van der Waals surface area contributed by atoms with Gasteiger partial charge >= 0.3 is 0 Å². The van der Waals surface area contributed by atoms with Crippen LogP contribution in [0.15, 0.2) is 35.6 Å². The summed E-state index contributed by atoms with van der Waals surface area (Å²) in [5.41, 5.74) is 2.30. The smallest absolute Gasteiger partial charge is 0.165 e. The zero-order chi connectivity index (χ0) is 14.5. The maximum absolute atomic E-state index is 12.9. The van der Waals surface area contributed by atoms with Gasteiger partial charge in [-0.05, 0) is 56.5 Å². The lowest BCUT2D eigenvalue weighted by Gasteiger charge is -2.20. The molecule has 1 aliphatic heterocycles. The number of halogens is 1. The molecule has 112 valence electrons. The van der Waals surface area contributed by atoms with Gasteiger partial charge in [0.1, 0.15) is 5.82 Å². The Balaban J connectivity index is 1.51.